The number of aliphatic hydroxyl groups is 1. The molecule has 0 aliphatic rings. The molecular weight excluding hydrogens is 228 g/mol. The van der Waals surface area contributed by atoms with Crippen LogP contribution in [0.1, 0.15) is 0 Å². The van der Waals surface area contributed by atoms with E-state index in [-0.39, 0.29) is 6.61 Å². The Morgan fingerprint density at radius 1 is 1.22 bits per heavy atom. The monoisotopic (exact) mass is 246 g/mol. The van der Waals surface area contributed by atoms with Crippen molar-refractivity contribution >= 4 is 10.8 Å². The van der Waals surface area contributed by atoms with Crippen LogP contribution in [0, 0.1) is 0 Å². The predicted molar refractivity (Wildman–Crippen MR) is 72.3 cm³/mol. The summed E-state index contributed by atoms with van der Waals surface area (Å²) >= 11 is 0. The molecule has 0 fully saturated rings. The second-order valence-corrected chi connectivity index (χ2v) is 4.38. The topological polar surface area (TPSA) is 58.7 Å². The van der Waals surface area contributed by atoms with E-state index in [0.717, 1.165) is 16.5 Å². The largest absolute Gasteiger partial charge is 0.490 e. The van der Waals surface area contributed by atoms with Gasteiger partial charge < -0.3 is 9.84 Å². The zero-order chi connectivity index (χ0) is 13.0. The maximum Gasteiger partial charge on any atom is 0.127 e. The molecule has 1 atom stereocenters. The highest BCUT2D eigenvalue weighted by atomic mass is 16.5. The quantitative estimate of drug-likeness (QED) is 0.618. The molecule has 0 bridgehead atoms. The van der Waals surface area contributed by atoms with Crippen molar-refractivity contribution in [3.05, 3.63) is 42.5 Å². The first-order chi connectivity index (χ1) is 8.66. The number of fused-ring (bicyclic) bond motifs is 1. The van der Waals surface area contributed by atoms with Gasteiger partial charge in [-0.2, -0.15) is 0 Å². The highest BCUT2D eigenvalue weighted by Gasteiger charge is 2.08. The summed E-state index contributed by atoms with van der Waals surface area (Å²) in [6.45, 7) is 0.611. The van der Waals surface area contributed by atoms with Gasteiger partial charge in [0.15, 0.2) is 0 Å². The van der Waals surface area contributed by atoms with Crippen LogP contribution in [0.5, 0.6) is 5.75 Å². The molecule has 4 heteroatoms. The van der Waals surface area contributed by atoms with Gasteiger partial charge in [0, 0.05) is 19.0 Å². The van der Waals surface area contributed by atoms with E-state index in [1.165, 1.54) is 5.01 Å². The average molecular weight is 246 g/mol. The van der Waals surface area contributed by atoms with Crippen molar-refractivity contribution in [3.8, 4) is 5.75 Å². The molecule has 0 aromatic heterocycles. The minimum Gasteiger partial charge on any atom is -0.490 e. The first kappa shape index (κ1) is 12.8. The molecule has 0 amide bonds. The van der Waals surface area contributed by atoms with Gasteiger partial charge >= 0.3 is 0 Å². The first-order valence-corrected chi connectivity index (χ1v) is 5.91. The van der Waals surface area contributed by atoms with E-state index in [2.05, 4.69) is 0 Å². The number of hydrogen-bond donors (Lipinski definition) is 2. The second-order valence-electron chi connectivity index (χ2n) is 4.38. The molecule has 0 aliphatic carbocycles. The smallest absolute Gasteiger partial charge is 0.127 e. The van der Waals surface area contributed by atoms with Gasteiger partial charge in [-0.15, -0.1) is 0 Å². The van der Waals surface area contributed by atoms with Crippen LogP contribution in [0.15, 0.2) is 42.5 Å². The molecule has 0 radical (unpaired) electrons. The number of benzene rings is 2. The van der Waals surface area contributed by atoms with Gasteiger partial charge in [-0.1, -0.05) is 36.4 Å². The summed E-state index contributed by atoms with van der Waals surface area (Å²) in [6.07, 6.45) is -0.598. The van der Waals surface area contributed by atoms with E-state index in [4.69, 9.17) is 10.6 Å². The Morgan fingerprint density at radius 3 is 2.72 bits per heavy atom. The van der Waals surface area contributed by atoms with Crippen molar-refractivity contribution in [3.63, 3.8) is 0 Å². The predicted octanol–water partition coefficient (Wildman–Crippen LogP) is 1.38. The van der Waals surface area contributed by atoms with Crippen molar-refractivity contribution < 1.29 is 9.84 Å². The zero-order valence-corrected chi connectivity index (χ0v) is 10.4. The Bertz CT molecular complexity index is 509. The molecular formula is C14H18N2O2. The summed E-state index contributed by atoms with van der Waals surface area (Å²) in [5.41, 5.74) is 0. The SMILES string of the molecule is CN(N)CC(O)COc1cccc2ccccc12. The third kappa shape index (κ3) is 3.20. The van der Waals surface area contributed by atoms with Crippen LogP contribution >= 0.6 is 0 Å². The van der Waals surface area contributed by atoms with Crippen LogP contribution in [0.3, 0.4) is 0 Å². The number of ether oxygens (including phenoxy) is 1. The lowest BCUT2D eigenvalue weighted by Crippen LogP contribution is -2.37. The van der Waals surface area contributed by atoms with Crippen molar-refractivity contribution in [1.82, 2.24) is 5.01 Å². The summed E-state index contributed by atoms with van der Waals surface area (Å²) in [5.74, 6) is 6.25. The maximum absolute atomic E-state index is 9.71. The van der Waals surface area contributed by atoms with Gasteiger partial charge in [-0.25, -0.2) is 5.01 Å². The fourth-order valence-corrected chi connectivity index (χ4v) is 1.89. The van der Waals surface area contributed by atoms with Crippen molar-refractivity contribution in [2.75, 3.05) is 20.2 Å². The molecule has 2 rings (SSSR count). The molecule has 96 valence electrons. The molecule has 4 nitrogen and oxygen atoms in total. The Kier molecular flexibility index (Phi) is 4.15. The van der Waals surface area contributed by atoms with Crippen LogP contribution in [0.2, 0.25) is 0 Å². The lowest BCUT2D eigenvalue weighted by atomic mass is 10.1. The Balaban J connectivity index is 2.08. The third-order valence-corrected chi connectivity index (χ3v) is 2.68. The summed E-state index contributed by atoms with van der Waals surface area (Å²) in [5, 5.41) is 13.3. The van der Waals surface area contributed by atoms with Crippen LogP contribution in [0.4, 0.5) is 0 Å². The molecule has 1 unspecified atom stereocenters. The van der Waals surface area contributed by atoms with E-state index >= 15 is 0 Å². The van der Waals surface area contributed by atoms with Crippen LogP contribution in [-0.4, -0.2) is 36.4 Å². The Labute approximate surface area is 107 Å². The average Bonchev–Trinajstić information content (AvgIpc) is 2.35. The molecule has 0 saturated carbocycles. The lowest BCUT2D eigenvalue weighted by molar-refractivity contribution is 0.0771. The lowest BCUT2D eigenvalue weighted by Gasteiger charge is -2.17. The van der Waals surface area contributed by atoms with Gasteiger partial charge in [0.05, 0.1) is 0 Å². The molecule has 0 heterocycles. The molecule has 3 N–H and O–H groups in total. The summed E-state index contributed by atoms with van der Waals surface area (Å²) in [7, 11) is 1.71. The van der Waals surface area contributed by atoms with E-state index in [1.54, 1.807) is 7.05 Å². The number of nitrogens with zero attached hydrogens (tertiary/aromatic N) is 1. The van der Waals surface area contributed by atoms with Crippen LogP contribution < -0.4 is 10.6 Å². The number of likely N-dealkylation sites (N-methyl/N-ethyl adjacent to an activating group) is 1. The molecule has 0 aliphatic heterocycles. The fourth-order valence-electron chi connectivity index (χ4n) is 1.89. The highest BCUT2D eigenvalue weighted by Crippen LogP contribution is 2.25. The summed E-state index contributed by atoms with van der Waals surface area (Å²) in [6, 6.07) is 13.9. The minimum absolute atomic E-state index is 0.232. The molecule has 2 aromatic carbocycles. The normalized spacial score (nSPS) is 12.9. The Morgan fingerprint density at radius 2 is 1.94 bits per heavy atom. The highest BCUT2D eigenvalue weighted by molar-refractivity contribution is 5.88. The van der Waals surface area contributed by atoms with Gasteiger partial charge in [0.2, 0.25) is 0 Å². The zero-order valence-electron chi connectivity index (χ0n) is 10.4. The van der Waals surface area contributed by atoms with E-state index in [0.29, 0.717) is 6.54 Å². The van der Waals surface area contributed by atoms with Gasteiger partial charge in [-0.05, 0) is 11.5 Å². The number of rotatable bonds is 5. The maximum atomic E-state index is 9.71. The van der Waals surface area contributed by atoms with E-state index in [1.807, 2.05) is 42.5 Å². The Hall–Kier alpha value is -1.62. The second kappa shape index (κ2) is 5.82. The van der Waals surface area contributed by atoms with E-state index in [9.17, 15) is 5.11 Å². The third-order valence-electron chi connectivity index (χ3n) is 2.68. The first-order valence-electron chi connectivity index (χ1n) is 5.91. The van der Waals surface area contributed by atoms with Gasteiger partial charge in [-0.3, -0.25) is 5.84 Å². The van der Waals surface area contributed by atoms with Gasteiger partial charge in [0.1, 0.15) is 18.5 Å². The van der Waals surface area contributed by atoms with Crippen LogP contribution in [0.25, 0.3) is 10.8 Å². The number of hydrazine groups is 1. The minimum atomic E-state index is -0.598. The number of aliphatic hydroxyl groups excluding tert-OH is 1. The van der Waals surface area contributed by atoms with E-state index < -0.39 is 6.10 Å². The van der Waals surface area contributed by atoms with Crippen molar-refractivity contribution in [2.24, 2.45) is 5.84 Å². The summed E-state index contributed by atoms with van der Waals surface area (Å²) in [4.78, 5) is 0. The summed E-state index contributed by atoms with van der Waals surface area (Å²) < 4.78 is 5.65. The molecule has 2 aromatic rings. The molecule has 0 saturated heterocycles. The van der Waals surface area contributed by atoms with Crippen molar-refractivity contribution in [2.45, 2.75) is 6.10 Å². The standard InChI is InChI=1S/C14H18N2O2/c1-16(15)9-12(17)10-18-14-8-4-6-11-5-2-3-7-13(11)14/h2-8,12,17H,9-10,15H2,1H3. The molecule has 0 spiro atoms. The van der Waals surface area contributed by atoms with Crippen molar-refractivity contribution in [1.29, 1.82) is 0 Å². The van der Waals surface area contributed by atoms with Gasteiger partial charge in [0.25, 0.3) is 0 Å². The van der Waals surface area contributed by atoms with Crippen LogP contribution in [-0.2, 0) is 0 Å². The number of hydrogen-bond acceptors (Lipinski definition) is 4. The molecule has 18 heavy (non-hydrogen) atoms. The fraction of sp³-hybridized carbons (Fsp3) is 0.286. The number of nitrogens with two attached hydrogens (primary N) is 1.